The topological polar surface area (TPSA) is 42.1 Å². The van der Waals surface area contributed by atoms with Crippen molar-refractivity contribution in [3.63, 3.8) is 0 Å². The predicted octanol–water partition coefficient (Wildman–Crippen LogP) is 4.48. The molecule has 0 radical (unpaired) electrons. The number of nitrogens with zero attached hydrogens (tertiary/aromatic N) is 2. The van der Waals surface area contributed by atoms with Gasteiger partial charge in [-0.3, -0.25) is 0 Å². The summed E-state index contributed by atoms with van der Waals surface area (Å²) in [4.78, 5) is 6.85. The number of benzene rings is 2. The van der Waals surface area contributed by atoms with Crippen molar-refractivity contribution in [1.82, 2.24) is 4.98 Å². The molecule has 1 aromatic heterocycles. The molecular weight excluding hydrogens is 314 g/mol. The molecular formula is C17H16ClN3S. The van der Waals surface area contributed by atoms with Gasteiger partial charge in [0.15, 0.2) is 5.13 Å². The number of aromatic nitrogens is 1. The largest absolute Gasteiger partial charge is 0.375 e. The van der Waals surface area contributed by atoms with Crippen LogP contribution < -0.4 is 10.6 Å². The van der Waals surface area contributed by atoms with Crippen molar-refractivity contribution in [2.45, 2.75) is 19.4 Å². The lowest BCUT2D eigenvalue weighted by Gasteiger charge is -2.31. The Morgan fingerprint density at radius 1 is 1.23 bits per heavy atom. The van der Waals surface area contributed by atoms with Gasteiger partial charge in [-0.1, -0.05) is 35.1 Å². The minimum Gasteiger partial charge on any atom is -0.375 e. The quantitative estimate of drug-likeness (QED) is 0.753. The highest BCUT2D eigenvalue weighted by Crippen LogP contribution is 2.35. The number of nitrogens with two attached hydrogens (primary N) is 1. The molecule has 0 unspecified atom stereocenters. The van der Waals surface area contributed by atoms with Crippen LogP contribution in [0.1, 0.15) is 17.5 Å². The SMILES string of the molecule is Nc1nc2cc3c(cc2s1)CCCN3Cc1ccc(Cl)cc1. The lowest BCUT2D eigenvalue weighted by atomic mass is 10.0. The first-order valence-corrected chi connectivity index (χ1v) is 8.57. The van der Waals surface area contributed by atoms with Gasteiger partial charge in [0, 0.05) is 23.8 Å². The van der Waals surface area contributed by atoms with Gasteiger partial charge in [-0.25, -0.2) is 4.98 Å². The second-order valence-electron chi connectivity index (χ2n) is 5.65. The van der Waals surface area contributed by atoms with Crippen LogP contribution in [0.5, 0.6) is 0 Å². The Labute approximate surface area is 138 Å². The van der Waals surface area contributed by atoms with Crippen LogP contribution in [0.3, 0.4) is 0 Å². The predicted molar refractivity (Wildman–Crippen MR) is 94.9 cm³/mol. The van der Waals surface area contributed by atoms with Crippen LogP contribution in [0.25, 0.3) is 10.2 Å². The van der Waals surface area contributed by atoms with Crippen molar-refractivity contribution in [3.8, 4) is 0 Å². The minimum absolute atomic E-state index is 0.640. The van der Waals surface area contributed by atoms with Gasteiger partial charge < -0.3 is 10.6 Å². The number of fused-ring (bicyclic) bond motifs is 2. The summed E-state index contributed by atoms with van der Waals surface area (Å²) in [6.45, 7) is 1.97. The Kier molecular flexibility index (Phi) is 3.43. The molecule has 0 amide bonds. The van der Waals surface area contributed by atoms with E-state index in [0.717, 1.165) is 30.0 Å². The molecule has 0 saturated carbocycles. The van der Waals surface area contributed by atoms with Crippen LogP contribution in [0.4, 0.5) is 10.8 Å². The van der Waals surface area contributed by atoms with Crippen LogP contribution in [0.15, 0.2) is 36.4 Å². The van der Waals surface area contributed by atoms with E-state index in [4.69, 9.17) is 17.3 Å². The highest BCUT2D eigenvalue weighted by molar-refractivity contribution is 7.22. The first kappa shape index (κ1) is 13.9. The fourth-order valence-electron chi connectivity index (χ4n) is 3.07. The Bertz CT molecular complexity index is 826. The summed E-state index contributed by atoms with van der Waals surface area (Å²) in [5.41, 5.74) is 10.8. The van der Waals surface area contributed by atoms with E-state index in [9.17, 15) is 0 Å². The number of rotatable bonds is 2. The Morgan fingerprint density at radius 2 is 2.05 bits per heavy atom. The Hall–Kier alpha value is -1.78. The van der Waals surface area contributed by atoms with Crippen molar-refractivity contribution in [1.29, 1.82) is 0 Å². The smallest absolute Gasteiger partial charge is 0.181 e. The molecule has 0 aliphatic carbocycles. The minimum atomic E-state index is 0.640. The van der Waals surface area contributed by atoms with Crippen molar-refractivity contribution in [2.75, 3.05) is 17.2 Å². The molecule has 5 heteroatoms. The molecule has 2 N–H and O–H groups in total. The summed E-state index contributed by atoms with van der Waals surface area (Å²) in [6, 6.07) is 12.5. The number of nitrogen functional groups attached to an aromatic ring is 1. The highest BCUT2D eigenvalue weighted by atomic mass is 35.5. The van der Waals surface area contributed by atoms with E-state index >= 15 is 0 Å². The molecule has 0 fully saturated rings. The molecule has 1 aliphatic rings. The van der Waals surface area contributed by atoms with E-state index in [0.29, 0.717) is 5.13 Å². The second kappa shape index (κ2) is 5.45. The molecule has 0 atom stereocenters. The lowest BCUT2D eigenvalue weighted by molar-refractivity contribution is 0.692. The average molecular weight is 330 g/mol. The fourth-order valence-corrected chi connectivity index (χ4v) is 3.98. The molecule has 4 rings (SSSR count). The van der Waals surface area contributed by atoms with Gasteiger partial charge in [-0.2, -0.15) is 0 Å². The lowest BCUT2D eigenvalue weighted by Crippen LogP contribution is -2.28. The molecule has 112 valence electrons. The fraction of sp³-hybridized carbons (Fsp3) is 0.235. The van der Waals surface area contributed by atoms with Crippen LogP contribution in [-0.2, 0) is 13.0 Å². The first-order valence-electron chi connectivity index (χ1n) is 7.37. The molecule has 0 bridgehead atoms. The van der Waals surface area contributed by atoms with Crippen molar-refractivity contribution in [3.05, 3.63) is 52.5 Å². The van der Waals surface area contributed by atoms with Gasteiger partial charge >= 0.3 is 0 Å². The van der Waals surface area contributed by atoms with E-state index in [2.05, 4.69) is 34.1 Å². The molecule has 0 spiro atoms. The van der Waals surface area contributed by atoms with Gasteiger partial charge in [-0.05, 0) is 48.2 Å². The zero-order valence-electron chi connectivity index (χ0n) is 12.1. The first-order chi connectivity index (χ1) is 10.7. The standard InChI is InChI=1S/C17H16ClN3S/c18-13-5-3-11(4-6-13)10-21-7-1-2-12-8-16-14(9-15(12)21)20-17(19)22-16/h3-6,8-9H,1-2,7,10H2,(H2,19,20). The summed E-state index contributed by atoms with van der Waals surface area (Å²) in [5, 5.41) is 1.42. The molecule has 0 saturated heterocycles. The molecule has 3 nitrogen and oxygen atoms in total. The van der Waals surface area contributed by atoms with E-state index in [1.54, 1.807) is 11.3 Å². The number of thiazole rings is 1. The van der Waals surface area contributed by atoms with Gasteiger partial charge in [0.05, 0.1) is 10.2 Å². The van der Waals surface area contributed by atoms with E-state index in [1.807, 2.05) is 12.1 Å². The van der Waals surface area contributed by atoms with Gasteiger partial charge in [0.1, 0.15) is 0 Å². The number of halogens is 1. The van der Waals surface area contributed by atoms with Crippen LogP contribution in [0.2, 0.25) is 5.02 Å². The zero-order chi connectivity index (χ0) is 15.1. The number of hydrogen-bond donors (Lipinski definition) is 1. The summed E-state index contributed by atoms with van der Waals surface area (Å²) in [7, 11) is 0. The van der Waals surface area contributed by atoms with Crippen molar-refractivity contribution in [2.24, 2.45) is 0 Å². The maximum atomic E-state index is 5.97. The van der Waals surface area contributed by atoms with E-state index in [-0.39, 0.29) is 0 Å². The molecule has 2 heterocycles. The van der Waals surface area contributed by atoms with Crippen LogP contribution >= 0.6 is 22.9 Å². The van der Waals surface area contributed by atoms with Crippen molar-refractivity contribution < 1.29 is 0 Å². The normalized spacial score (nSPS) is 14.3. The van der Waals surface area contributed by atoms with Crippen LogP contribution in [-0.4, -0.2) is 11.5 Å². The van der Waals surface area contributed by atoms with Crippen LogP contribution in [0, 0.1) is 0 Å². The Balaban J connectivity index is 1.71. The van der Waals surface area contributed by atoms with Gasteiger partial charge in [0.25, 0.3) is 0 Å². The number of hydrogen-bond acceptors (Lipinski definition) is 4. The third-order valence-electron chi connectivity index (χ3n) is 4.11. The molecule has 2 aromatic carbocycles. The third-order valence-corrected chi connectivity index (χ3v) is 5.21. The van der Waals surface area contributed by atoms with E-state index < -0.39 is 0 Å². The number of aryl methyl sites for hydroxylation is 1. The monoisotopic (exact) mass is 329 g/mol. The summed E-state index contributed by atoms with van der Waals surface area (Å²) in [6.07, 6.45) is 2.31. The maximum absolute atomic E-state index is 5.97. The number of anilines is 2. The molecule has 22 heavy (non-hydrogen) atoms. The summed E-state index contributed by atoms with van der Waals surface area (Å²) < 4.78 is 1.18. The van der Waals surface area contributed by atoms with Gasteiger partial charge in [0.2, 0.25) is 0 Å². The van der Waals surface area contributed by atoms with Crippen molar-refractivity contribution >= 4 is 44.0 Å². The Morgan fingerprint density at radius 3 is 2.86 bits per heavy atom. The summed E-state index contributed by atoms with van der Waals surface area (Å²) in [5.74, 6) is 0. The van der Waals surface area contributed by atoms with E-state index in [1.165, 1.54) is 27.9 Å². The van der Waals surface area contributed by atoms with Gasteiger partial charge in [-0.15, -0.1) is 0 Å². The maximum Gasteiger partial charge on any atom is 0.181 e. The molecule has 3 aromatic rings. The highest BCUT2D eigenvalue weighted by Gasteiger charge is 2.19. The third kappa shape index (κ3) is 2.53. The summed E-state index contributed by atoms with van der Waals surface area (Å²) >= 11 is 7.54. The zero-order valence-corrected chi connectivity index (χ0v) is 13.6. The average Bonchev–Trinajstić information content (AvgIpc) is 2.87. The molecule has 1 aliphatic heterocycles. The second-order valence-corrected chi connectivity index (χ2v) is 7.15.